The van der Waals surface area contributed by atoms with Gasteiger partial charge < -0.3 is 5.11 Å². The van der Waals surface area contributed by atoms with E-state index >= 15 is 0 Å². The van der Waals surface area contributed by atoms with E-state index in [9.17, 15) is 9.90 Å². The third-order valence-electron chi connectivity index (χ3n) is 4.69. The van der Waals surface area contributed by atoms with Crippen molar-refractivity contribution in [3.05, 3.63) is 76.9 Å². The van der Waals surface area contributed by atoms with E-state index in [0.717, 1.165) is 21.9 Å². The molecule has 128 valence electrons. The Balaban J connectivity index is 2.11. The molecule has 0 aliphatic carbocycles. The molecule has 3 aromatic rings. The Labute approximate surface area is 149 Å². The molecule has 0 heterocycles. The van der Waals surface area contributed by atoms with Gasteiger partial charge in [0.15, 0.2) is 5.78 Å². The minimum absolute atomic E-state index is 0.00504. The summed E-state index contributed by atoms with van der Waals surface area (Å²) in [5, 5.41) is 12.7. The molecule has 0 spiro atoms. The van der Waals surface area contributed by atoms with Gasteiger partial charge in [0.05, 0.1) is 0 Å². The van der Waals surface area contributed by atoms with Crippen molar-refractivity contribution in [3.63, 3.8) is 0 Å². The second-order valence-electron chi connectivity index (χ2n) is 7.20. The van der Waals surface area contributed by atoms with Crippen molar-refractivity contribution in [2.45, 2.75) is 39.5 Å². The zero-order valence-corrected chi connectivity index (χ0v) is 15.2. The summed E-state index contributed by atoms with van der Waals surface area (Å²) in [6.07, 6.45) is 0. The monoisotopic (exact) mass is 332 g/mol. The first-order valence-electron chi connectivity index (χ1n) is 8.78. The summed E-state index contributed by atoms with van der Waals surface area (Å²) in [4.78, 5) is 13.1. The van der Waals surface area contributed by atoms with Crippen LogP contribution in [0.1, 0.15) is 66.6 Å². The maximum atomic E-state index is 13.1. The van der Waals surface area contributed by atoms with E-state index in [1.807, 2.05) is 82.3 Å². The Morgan fingerprint density at radius 2 is 1.32 bits per heavy atom. The highest BCUT2D eigenvalue weighted by Crippen LogP contribution is 2.35. The second kappa shape index (κ2) is 6.72. The quantitative estimate of drug-likeness (QED) is 0.593. The number of phenols is 1. The van der Waals surface area contributed by atoms with Crippen molar-refractivity contribution in [2.24, 2.45) is 0 Å². The van der Waals surface area contributed by atoms with Crippen molar-refractivity contribution < 1.29 is 9.90 Å². The fourth-order valence-corrected chi connectivity index (χ4v) is 3.19. The zero-order valence-electron chi connectivity index (χ0n) is 15.2. The van der Waals surface area contributed by atoms with Crippen molar-refractivity contribution >= 4 is 16.6 Å². The largest absolute Gasteiger partial charge is 0.507 e. The number of benzene rings is 3. The van der Waals surface area contributed by atoms with Gasteiger partial charge in [0, 0.05) is 11.1 Å². The second-order valence-corrected chi connectivity index (χ2v) is 7.20. The molecule has 0 unspecified atom stereocenters. The van der Waals surface area contributed by atoms with Crippen LogP contribution in [0.2, 0.25) is 0 Å². The molecule has 3 aromatic carbocycles. The topological polar surface area (TPSA) is 37.3 Å². The zero-order chi connectivity index (χ0) is 18.1. The highest BCUT2D eigenvalue weighted by Gasteiger charge is 2.19. The molecule has 0 amide bonds. The van der Waals surface area contributed by atoms with Gasteiger partial charge in [-0.05, 0) is 51.9 Å². The fraction of sp³-hybridized carbons (Fsp3) is 0.261. The normalized spacial score (nSPS) is 11.4. The van der Waals surface area contributed by atoms with Crippen LogP contribution in [0.3, 0.4) is 0 Å². The smallest absolute Gasteiger partial charge is 0.193 e. The number of hydrogen-bond donors (Lipinski definition) is 1. The maximum Gasteiger partial charge on any atom is 0.193 e. The lowest BCUT2D eigenvalue weighted by atomic mass is 9.89. The van der Waals surface area contributed by atoms with Gasteiger partial charge in [-0.1, -0.05) is 64.1 Å². The Morgan fingerprint density at radius 3 is 1.88 bits per heavy atom. The SMILES string of the molecule is CC(C)c1cc(C(=O)c2ccc3ccccc3c2)cc(C(C)C)c1O. The lowest BCUT2D eigenvalue weighted by molar-refractivity contribution is 0.103. The van der Waals surface area contributed by atoms with E-state index < -0.39 is 0 Å². The molecule has 0 aliphatic heterocycles. The molecule has 3 rings (SSSR count). The van der Waals surface area contributed by atoms with E-state index in [0.29, 0.717) is 16.9 Å². The minimum atomic E-state index is -0.00504. The molecule has 0 radical (unpaired) electrons. The molecule has 25 heavy (non-hydrogen) atoms. The number of phenolic OH excluding ortho intramolecular Hbond substituents is 1. The lowest BCUT2D eigenvalue weighted by Gasteiger charge is -2.17. The third kappa shape index (κ3) is 3.30. The van der Waals surface area contributed by atoms with Crippen LogP contribution < -0.4 is 0 Å². The number of rotatable bonds is 4. The fourth-order valence-electron chi connectivity index (χ4n) is 3.19. The van der Waals surface area contributed by atoms with Gasteiger partial charge in [-0.2, -0.15) is 0 Å². The van der Waals surface area contributed by atoms with E-state index in [-0.39, 0.29) is 17.6 Å². The van der Waals surface area contributed by atoms with Crippen LogP contribution in [0.5, 0.6) is 5.75 Å². The predicted molar refractivity (Wildman–Crippen MR) is 104 cm³/mol. The highest BCUT2D eigenvalue weighted by molar-refractivity contribution is 6.11. The molecular weight excluding hydrogens is 308 g/mol. The number of ketones is 1. The number of fused-ring (bicyclic) bond motifs is 1. The Bertz CT molecular complexity index is 907. The van der Waals surface area contributed by atoms with Crippen molar-refractivity contribution in [2.75, 3.05) is 0 Å². The summed E-state index contributed by atoms with van der Waals surface area (Å²) in [5.74, 6) is 0.623. The summed E-state index contributed by atoms with van der Waals surface area (Å²) in [6, 6.07) is 17.5. The molecular formula is C23H24O2. The summed E-state index contributed by atoms with van der Waals surface area (Å²) in [5.41, 5.74) is 2.97. The summed E-state index contributed by atoms with van der Waals surface area (Å²) >= 11 is 0. The van der Waals surface area contributed by atoms with Gasteiger partial charge >= 0.3 is 0 Å². The molecule has 0 saturated carbocycles. The first-order chi connectivity index (χ1) is 11.9. The number of hydrogen-bond acceptors (Lipinski definition) is 2. The molecule has 0 fully saturated rings. The summed E-state index contributed by atoms with van der Waals surface area (Å²) in [6.45, 7) is 8.12. The van der Waals surface area contributed by atoms with E-state index in [4.69, 9.17) is 0 Å². The van der Waals surface area contributed by atoms with E-state index in [2.05, 4.69) is 0 Å². The number of aromatic hydroxyl groups is 1. The van der Waals surface area contributed by atoms with Crippen LogP contribution in [0, 0.1) is 0 Å². The molecule has 0 aliphatic rings. The molecule has 0 saturated heterocycles. The average molecular weight is 332 g/mol. The van der Waals surface area contributed by atoms with Crippen molar-refractivity contribution in [1.82, 2.24) is 0 Å². The predicted octanol–water partition coefficient (Wildman–Crippen LogP) is 6.02. The van der Waals surface area contributed by atoms with Crippen LogP contribution in [0.25, 0.3) is 10.8 Å². The van der Waals surface area contributed by atoms with Crippen molar-refractivity contribution in [3.8, 4) is 5.75 Å². The molecule has 0 aromatic heterocycles. The van der Waals surface area contributed by atoms with Crippen LogP contribution in [0.15, 0.2) is 54.6 Å². The Morgan fingerprint density at radius 1 is 0.760 bits per heavy atom. The molecule has 0 bridgehead atoms. The molecule has 2 heteroatoms. The van der Waals surface area contributed by atoms with Gasteiger partial charge in [0.1, 0.15) is 5.75 Å². The molecule has 0 atom stereocenters. The third-order valence-corrected chi connectivity index (χ3v) is 4.69. The first kappa shape index (κ1) is 17.2. The standard InChI is InChI=1S/C23H24O2/c1-14(2)20-12-19(13-21(15(3)4)23(20)25)22(24)18-10-9-16-7-5-6-8-17(16)11-18/h5-15,25H,1-4H3. The minimum Gasteiger partial charge on any atom is -0.507 e. The van der Waals surface area contributed by atoms with Crippen LogP contribution >= 0.6 is 0 Å². The summed E-state index contributed by atoms with van der Waals surface area (Å²) < 4.78 is 0. The highest BCUT2D eigenvalue weighted by atomic mass is 16.3. The molecule has 1 N–H and O–H groups in total. The Hall–Kier alpha value is -2.61. The summed E-state index contributed by atoms with van der Waals surface area (Å²) in [7, 11) is 0. The van der Waals surface area contributed by atoms with Gasteiger partial charge in [-0.25, -0.2) is 0 Å². The van der Waals surface area contributed by atoms with Gasteiger partial charge in [-0.15, -0.1) is 0 Å². The van der Waals surface area contributed by atoms with E-state index in [1.165, 1.54) is 0 Å². The van der Waals surface area contributed by atoms with E-state index in [1.54, 1.807) is 0 Å². The molecule has 2 nitrogen and oxygen atoms in total. The van der Waals surface area contributed by atoms with Gasteiger partial charge in [0.25, 0.3) is 0 Å². The number of carbonyl (C=O) groups is 1. The van der Waals surface area contributed by atoms with Crippen LogP contribution in [-0.2, 0) is 0 Å². The Kier molecular flexibility index (Phi) is 4.63. The first-order valence-corrected chi connectivity index (χ1v) is 8.78. The maximum absolute atomic E-state index is 13.1. The van der Waals surface area contributed by atoms with Gasteiger partial charge in [0.2, 0.25) is 0 Å². The van der Waals surface area contributed by atoms with Gasteiger partial charge in [-0.3, -0.25) is 4.79 Å². The number of carbonyl (C=O) groups excluding carboxylic acids is 1. The van der Waals surface area contributed by atoms with Crippen LogP contribution in [-0.4, -0.2) is 10.9 Å². The lowest BCUT2D eigenvalue weighted by Crippen LogP contribution is -2.05. The van der Waals surface area contributed by atoms with Crippen molar-refractivity contribution in [1.29, 1.82) is 0 Å². The average Bonchev–Trinajstić information content (AvgIpc) is 2.60. The van der Waals surface area contributed by atoms with Crippen LogP contribution in [0.4, 0.5) is 0 Å².